The van der Waals surface area contributed by atoms with Crippen molar-refractivity contribution in [3.63, 3.8) is 0 Å². The van der Waals surface area contributed by atoms with E-state index in [-0.39, 0.29) is 23.8 Å². The number of carbonyl (C=O) groups is 2. The first-order valence-electron chi connectivity index (χ1n) is 13.1. The fourth-order valence-electron chi connectivity index (χ4n) is 4.58. The van der Waals surface area contributed by atoms with Gasteiger partial charge in [-0.2, -0.15) is 4.98 Å². The number of piperidine rings is 1. The van der Waals surface area contributed by atoms with E-state index < -0.39 is 5.91 Å². The van der Waals surface area contributed by atoms with Crippen molar-refractivity contribution in [2.45, 2.75) is 51.2 Å². The molecule has 0 bridgehead atoms. The number of amides is 2. The third-order valence-corrected chi connectivity index (χ3v) is 6.75. The Morgan fingerprint density at radius 3 is 2.68 bits per heavy atom. The molecular formula is C27H32N6O5. The average Bonchev–Trinajstić information content (AvgIpc) is 3.66. The van der Waals surface area contributed by atoms with Crippen LogP contribution >= 0.6 is 0 Å². The highest BCUT2D eigenvalue weighted by Gasteiger charge is 2.26. The van der Waals surface area contributed by atoms with E-state index in [2.05, 4.69) is 25.6 Å². The molecule has 0 aliphatic carbocycles. The minimum absolute atomic E-state index is 0.00187. The van der Waals surface area contributed by atoms with Crippen LogP contribution in [0.15, 0.2) is 47.3 Å². The number of hydrogen-bond acceptors (Lipinski definition) is 9. The lowest BCUT2D eigenvalue weighted by molar-refractivity contribution is 0.0858. The van der Waals surface area contributed by atoms with E-state index in [4.69, 9.17) is 13.9 Å². The zero-order chi connectivity index (χ0) is 26.3. The summed E-state index contributed by atoms with van der Waals surface area (Å²) in [5.41, 5.74) is 1.97. The molecule has 1 aromatic carbocycles. The number of nitrogens with one attached hydrogen (secondary N) is 2. The Kier molecular flexibility index (Phi) is 8.12. The summed E-state index contributed by atoms with van der Waals surface area (Å²) in [6.07, 6.45) is 8.86. The Morgan fingerprint density at radius 1 is 1.13 bits per heavy atom. The van der Waals surface area contributed by atoms with Crippen molar-refractivity contribution in [1.29, 1.82) is 0 Å². The van der Waals surface area contributed by atoms with E-state index in [0.717, 1.165) is 44.3 Å². The monoisotopic (exact) mass is 520 g/mol. The molecule has 4 heterocycles. The van der Waals surface area contributed by atoms with Crippen molar-refractivity contribution < 1.29 is 23.5 Å². The molecule has 11 nitrogen and oxygen atoms in total. The highest BCUT2D eigenvalue weighted by atomic mass is 16.5. The van der Waals surface area contributed by atoms with Crippen LogP contribution in [-0.2, 0) is 11.2 Å². The summed E-state index contributed by atoms with van der Waals surface area (Å²) >= 11 is 0. The molecule has 0 unspecified atom stereocenters. The number of ether oxygens (including phenoxy) is 2. The van der Waals surface area contributed by atoms with Gasteiger partial charge in [-0.05, 0) is 43.0 Å². The average molecular weight is 521 g/mol. The Balaban J connectivity index is 1.20. The number of nitrogens with zero attached hydrogens (tertiary/aromatic N) is 4. The van der Waals surface area contributed by atoms with Crippen molar-refractivity contribution in [3.05, 3.63) is 59.7 Å². The van der Waals surface area contributed by atoms with Gasteiger partial charge in [-0.3, -0.25) is 9.59 Å². The number of hydrogen-bond donors (Lipinski definition) is 2. The molecule has 0 saturated carbocycles. The first-order valence-corrected chi connectivity index (χ1v) is 13.1. The van der Waals surface area contributed by atoms with Crippen LogP contribution in [0.4, 0.5) is 11.7 Å². The minimum atomic E-state index is -0.444. The van der Waals surface area contributed by atoms with Crippen LogP contribution in [0.25, 0.3) is 0 Å². The number of aromatic nitrogens is 3. The normalized spacial score (nSPS) is 17.8. The molecule has 2 fully saturated rings. The number of carbonyl (C=O) groups excluding carboxylic acids is 2. The number of oxazole rings is 1. The third kappa shape index (κ3) is 6.28. The van der Waals surface area contributed by atoms with E-state index in [0.29, 0.717) is 42.9 Å². The molecule has 11 heteroatoms. The molecule has 2 amide bonds. The van der Waals surface area contributed by atoms with Gasteiger partial charge in [-0.25, -0.2) is 9.97 Å². The summed E-state index contributed by atoms with van der Waals surface area (Å²) < 4.78 is 17.1. The molecule has 2 aliphatic heterocycles. The van der Waals surface area contributed by atoms with Crippen LogP contribution in [0.2, 0.25) is 0 Å². The van der Waals surface area contributed by atoms with E-state index >= 15 is 0 Å². The van der Waals surface area contributed by atoms with Crippen molar-refractivity contribution in [3.8, 4) is 6.01 Å². The van der Waals surface area contributed by atoms with Gasteiger partial charge >= 0.3 is 6.01 Å². The minimum Gasteiger partial charge on any atom is -0.460 e. The zero-order valence-electron chi connectivity index (χ0n) is 21.4. The van der Waals surface area contributed by atoms with Crippen molar-refractivity contribution in [1.82, 2.24) is 20.3 Å². The highest BCUT2D eigenvalue weighted by Crippen LogP contribution is 2.24. The van der Waals surface area contributed by atoms with Crippen LogP contribution in [-0.4, -0.2) is 65.2 Å². The second-order valence-corrected chi connectivity index (χ2v) is 9.38. The van der Waals surface area contributed by atoms with E-state index in [9.17, 15) is 9.59 Å². The molecule has 200 valence electrons. The van der Waals surface area contributed by atoms with Gasteiger partial charge in [0.1, 0.15) is 12.4 Å². The maximum atomic E-state index is 13.1. The molecule has 38 heavy (non-hydrogen) atoms. The molecule has 1 atom stereocenters. The maximum Gasteiger partial charge on any atom is 0.316 e. The van der Waals surface area contributed by atoms with Crippen LogP contribution in [0, 0.1) is 0 Å². The number of rotatable bonds is 9. The largest absolute Gasteiger partial charge is 0.460 e. The van der Waals surface area contributed by atoms with Gasteiger partial charge < -0.3 is 29.4 Å². The quantitative estimate of drug-likeness (QED) is 0.436. The summed E-state index contributed by atoms with van der Waals surface area (Å²) in [6.45, 7) is 4.50. The second-order valence-electron chi connectivity index (χ2n) is 9.38. The van der Waals surface area contributed by atoms with Gasteiger partial charge in [0.2, 0.25) is 0 Å². The fourth-order valence-corrected chi connectivity index (χ4v) is 4.58. The van der Waals surface area contributed by atoms with Gasteiger partial charge in [0.25, 0.3) is 17.8 Å². The van der Waals surface area contributed by atoms with E-state index in [1.54, 1.807) is 24.5 Å². The predicted octanol–water partition coefficient (Wildman–Crippen LogP) is 3.24. The molecule has 2 aliphatic rings. The predicted molar refractivity (Wildman–Crippen MR) is 139 cm³/mol. The smallest absolute Gasteiger partial charge is 0.316 e. The molecular weight excluding hydrogens is 488 g/mol. The first kappa shape index (κ1) is 25.7. The third-order valence-electron chi connectivity index (χ3n) is 6.75. The number of anilines is 2. The zero-order valence-corrected chi connectivity index (χ0v) is 21.4. The highest BCUT2D eigenvalue weighted by molar-refractivity contribution is 6.08. The van der Waals surface area contributed by atoms with Crippen LogP contribution < -0.4 is 20.3 Å². The van der Waals surface area contributed by atoms with Gasteiger partial charge in [-0.15, -0.1) is 0 Å². The summed E-state index contributed by atoms with van der Waals surface area (Å²) in [7, 11) is 0. The lowest BCUT2D eigenvalue weighted by Crippen LogP contribution is -2.38. The van der Waals surface area contributed by atoms with Gasteiger partial charge in [-0.1, -0.05) is 13.0 Å². The fraction of sp³-hybridized carbons (Fsp3) is 0.444. The summed E-state index contributed by atoms with van der Waals surface area (Å²) in [5.74, 6) is -0.703. The number of aryl methyl sites for hydroxylation is 1. The van der Waals surface area contributed by atoms with Crippen LogP contribution in [0.5, 0.6) is 6.01 Å². The summed E-state index contributed by atoms with van der Waals surface area (Å²) in [5, 5.41) is 5.78. The molecule has 2 saturated heterocycles. The van der Waals surface area contributed by atoms with Gasteiger partial charge in [0.05, 0.1) is 17.4 Å². The van der Waals surface area contributed by atoms with Gasteiger partial charge in [0.15, 0.2) is 5.69 Å². The SMILES string of the molecule is CCc1ccc(C(=O)NC[C@H]2CCCO2)c(NC(=O)c2coc(N3CCC(Oc4ncccn4)CC3)n2)c1. The standard InChI is InChI=1S/C27H32N6O5/c1-2-18-6-7-21(24(34)30-16-20-5-3-14-36-20)22(15-18)31-25(35)23-17-37-27(32-23)33-12-8-19(9-13-33)38-26-28-10-4-11-29-26/h4,6-7,10-11,15,17,19-20H,2-3,5,8-9,12-14,16H2,1H3,(H,30,34)(H,31,35)/t20-/m1/s1. The lowest BCUT2D eigenvalue weighted by Gasteiger charge is -2.30. The first-order chi connectivity index (χ1) is 18.6. The Labute approximate surface area is 221 Å². The molecule has 2 N–H and O–H groups in total. The van der Waals surface area contributed by atoms with Crippen LogP contribution in [0.3, 0.4) is 0 Å². The second kappa shape index (κ2) is 12.0. The van der Waals surface area contributed by atoms with E-state index in [1.807, 2.05) is 24.0 Å². The van der Waals surface area contributed by atoms with Crippen molar-refractivity contribution >= 4 is 23.5 Å². The molecule has 5 rings (SSSR count). The molecule has 3 aromatic rings. The van der Waals surface area contributed by atoms with Crippen molar-refractivity contribution in [2.24, 2.45) is 0 Å². The topological polar surface area (TPSA) is 132 Å². The summed E-state index contributed by atoms with van der Waals surface area (Å²) in [4.78, 5) is 40.6. The maximum absolute atomic E-state index is 13.1. The Morgan fingerprint density at radius 2 is 1.95 bits per heavy atom. The van der Waals surface area contributed by atoms with Crippen molar-refractivity contribution in [2.75, 3.05) is 36.5 Å². The number of benzene rings is 1. The van der Waals surface area contributed by atoms with Crippen LogP contribution in [0.1, 0.15) is 59.0 Å². The molecule has 0 radical (unpaired) electrons. The lowest BCUT2D eigenvalue weighted by atomic mass is 10.1. The summed E-state index contributed by atoms with van der Waals surface area (Å²) in [6, 6.07) is 7.94. The Bertz CT molecular complexity index is 1240. The van der Waals surface area contributed by atoms with Gasteiger partial charge in [0, 0.05) is 51.5 Å². The molecule has 0 spiro atoms. The molecule has 2 aromatic heterocycles. The Hall–Kier alpha value is -3.99. The van der Waals surface area contributed by atoms with E-state index in [1.165, 1.54) is 6.26 Å².